The van der Waals surface area contributed by atoms with E-state index in [0.29, 0.717) is 5.57 Å². The minimum Gasteiger partial charge on any atom is -0.454 e. The van der Waals surface area contributed by atoms with E-state index >= 15 is 0 Å². The first-order valence-electron chi connectivity index (χ1n) is 6.63. The van der Waals surface area contributed by atoms with Crippen molar-refractivity contribution in [3.05, 3.63) is 23.3 Å². The van der Waals surface area contributed by atoms with E-state index in [-0.39, 0.29) is 23.4 Å². The monoisotopic (exact) mass is 232 g/mol. The van der Waals surface area contributed by atoms with Crippen molar-refractivity contribution in [2.75, 3.05) is 0 Å². The van der Waals surface area contributed by atoms with Crippen molar-refractivity contribution in [3.63, 3.8) is 0 Å². The molecule has 17 heavy (non-hydrogen) atoms. The Hall–Kier alpha value is -1.05. The second kappa shape index (κ2) is 3.47. The normalized spacial score (nSPS) is 41.1. The Balaban J connectivity index is 2.06. The Morgan fingerprint density at radius 1 is 1.41 bits per heavy atom. The lowest BCUT2D eigenvalue weighted by atomic mass is 9.60. The van der Waals surface area contributed by atoms with Crippen molar-refractivity contribution in [2.45, 2.75) is 52.1 Å². The van der Waals surface area contributed by atoms with Gasteiger partial charge in [-0.2, -0.15) is 0 Å². The summed E-state index contributed by atoms with van der Waals surface area (Å²) in [7, 11) is 0. The minimum absolute atomic E-state index is 0.00838. The van der Waals surface area contributed by atoms with E-state index in [1.807, 2.05) is 0 Å². The molecular formula is C15H20O2. The van der Waals surface area contributed by atoms with Crippen LogP contribution in [-0.2, 0) is 9.53 Å². The summed E-state index contributed by atoms with van der Waals surface area (Å²) in [5.74, 6) is 0.0775. The SMILES string of the molecule is C=C1C(=O)O[C@@H]2C3=C(C)CCC[C@]3(C)CC[C@@H]12. The quantitative estimate of drug-likeness (QED) is 0.363. The molecule has 92 valence electrons. The van der Waals surface area contributed by atoms with Gasteiger partial charge in [0.05, 0.1) is 0 Å². The molecule has 0 aromatic heterocycles. The topological polar surface area (TPSA) is 26.3 Å². The highest BCUT2D eigenvalue weighted by atomic mass is 16.6. The number of ether oxygens (including phenoxy) is 1. The highest BCUT2D eigenvalue weighted by Crippen LogP contribution is 2.55. The third kappa shape index (κ3) is 1.42. The van der Waals surface area contributed by atoms with Gasteiger partial charge in [-0.3, -0.25) is 0 Å². The molecule has 1 heterocycles. The Morgan fingerprint density at radius 3 is 2.94 bits per heavy atom. The maximum absolute atomic E-state index is 11.7. The van der Waals surface area contributed by atoms with E-state index in [4.69, 9.17) is 4.74 Å². The molecule has 1 saturated carbocycles. The summed E-state index contributed by atoms with van der Waals surface area (Å²) in [6, 6.07) is 0. The van der Waals surface area contributed by atoms with E-state index in [9.17, 15) is 4.79 Å². The van der Waals surface area contributed by atoms with Gasteiger partial charge in [0.15, 0.2) is 0 Å². The highest BCUT2D eigenvalue weighted by molar-refractivity contribution is 5.91. The molecule has 0 N–H and O–H groups in total. The van der Waals surface area contributed by atoms with E-state index in [0.717, 1.165) is 12.8 Å². The molecule has 2 nitrogen and oxygen atoms in total. The number of allylic oxidation sites excluding steroid dienone is 1. The molecule has 1 saturated heterocycles. The van der Waals surface area contributed by atoms with Gasteiger partial charge >= 0.3 is 5.97 Å². The highest BCUT2D eigenvalue weighted by Gasteiger charge is 2.51. The van der Waals surface area contributed by atoms with Crippen molar-refractivity contribution >= 4 is 5.97 Å². The van der Waals surface area contributed by atoms with Crippen LogP contribution in [0.15, 0.2) is 23.3 Å². The predicted octanol–water partition coefficient (Wildman–Crippen LogP) is 3.38. The van der Waals surface area contributed by atoms with E-state index in [1.165, 1.54) is 30.4 Å². The molecule has 2 heteroatoms. The van der Waals surface area contributed by atoms with Gasteiger partial charge in [-0.05, 0) is 50.0 Å². The number of hydrogen-bond donors (Lipinski definition) is 0. The Bertz CT molecular complexity index is 432. The van der Waals surface area contributed by atoms with Crippen LogP contribution >= 0.6 is 0 Å². The van der Waals surface area contributed by atoms with Gasteiger partial charge < -0.3 is 4.74 Å². The van der Waals surface area contributed by atoms with E-state index < -0.39 is 0 Å². The fourth-order valence-corrected chi connectivity index (χ4v) is 4.04. The molecule has 3 aliphatic rings. The summed E-state index contributed by atoms with van der Waals surface area (Å²) in [6.07, 6.45) is 5.93. The lowest BCUT2D eigenvalue weighted by Crippen LogP contribution is -2.39. The van der Waals surface area contributed by atoms with Crippen molar-refractivity contribution in [2.24, 2.45) is 11.3 Å². The molecule has 0 amide bonds. The zero-order valence-corrected chi connectivity index (χ0v) is 10.7. The van der Waals surface area contributed by atoms with Crippen LogP contribution in [0.4, 0.5) is 0 Å². The molecule has 0 unspecified atom stereocenters. The van der Waals surface area contributed by atoms with Gasteiger partial charge in [0.2, 0.25) is 0 Å². The third-order valence-corrected chi connectivity index (χ3v) is 4.99. The second-order valence-electron chi connectivity index (χ2n) is 6.10. The molecule has 2 aliphatic carbocycles. The summed E-state index contributed by atoms with van der Waals surface area (Å²) < 4.78 is 5.59. The summed E-state index contributed by atoms with van der Waals surface area (Å²) in [4.78, 5) is 11.7. The van der Waals surface area contributed by atoms with Crippen LogP contribution in [0.3, 0.4) is 0 Å². The standard InChI is InChI=1S/C15H20O2/c1-9-5-4-7-15(3)8-6-11-10(2)14(16)17-13(11)12(9)15/h11,13H,2,4-8H2,1,3H3/t11-,13-,15+/m0/s1. The van der Waals surface area contributed by atoms with Crippen LogP contribution in [0, 0.1) is 11.3 Å². The Kier molecular flexibility index (Phi) is 2.26. The first-order chi connectivity index (χ1) is 8.03. The smallest absolute Gasteiger partial charge is 0.334 e. The van der Waals surface area contributed by atoms with Gasteiger partial charge in [-0.15, -0.1) is 0 Å². The number of esters is 1. The van der Waals surface area contributed by atoms with Crippen LogP contribution in [-0.4, -0.2) is 12.1 Å². The molecule has 3 rings (SSSR count). The van der Waals surface area contributed by atoms with Crippen molar-refractivity contribution < 1.29 is 9.53 Å². The fraction of sp³-hybridized carbons (Fsp3) is 0.667. The first kappa shape index (κ1) is 11.1. The van der Waals surface area contributed by atoms with Gasteiger partial charge in [0, 0.05) is 11.5 Å². The Labute approximate surface area is 103 Å². The molecule has 0 spiro atoms. The average Bonchev–Trinajstić information content (AvgIpc) is 2.54. The number of carbonyl (C=O) groups is 1. The molecule has 0 radical (unpaired) electrons. The van der Waals surface area contributed by atoms with E-state index in [2.05, 4.69) is 20.4 Å². The lowest BCUT2D eigenvalue weighted by Gasteiger charge is -2.45. The first-order valence-corrected chi connectivity index (χ1v) is 6.63. The summed E-state index contributed by atoms with van der Waals surface area (Å²) >= 11 is 0. The summed E-state index contributed by atoms with van der Waals surface area (Å²) in [6.45, 7) is 8.46. The number of carbonyl (C=O) groups excluding carboxylic acids is 1. The van der Waals surface area contributed by atoms with Crippen molar-refractivity contribution in [3.8, 4) is 0 Å². The molecule has 0 aromatic carbocycles. The number of fused-ring (bicyclic) bond motifs is 3. The van der Waals surface area contributed by atoms with Crippen LogP contribution in [0.5, 0.6) is 0 Å². The fourth-order valence-electron chi connectivity index (χ4n) is 4.04. The molecule has 0 bridgehead atoms. The molecular weight excluding hydrogens is 212 g/mol. The maximum Gasteiger partial charge on any atom is 0.334 e. The zero-order valence-electron chi connectivity index (χ0n) is 10.7. The van der Waals surface area contributed by atoms with Gasteiger partial charge in [-0.1, -0.05) is 19.1 Å². The second-order valence-corrected chi connectivity index (χ2v) is 6.10. The van der Waals surface area contributed by atoms with Crippen molar-refractivity contribution in [1.82, 2.24) is 0 Å². The zero-order chi connectivity index (χ0) is 12.2. The van der Waals surface area contributed by atoms with Crippen LogP contribution in [0.2, 0.25) is 0 Å². The maximum atomic E-state index is 11.7. The van der Waals surface area contributed by atoms with Gasteiger partial charge in [0.1, 0.15) is 6.10 Å². The molecule has 3 atom stereocenters. The van der Waals surface area contributed by atoms with Crippen LogP contribution in [0.25, 0.3) is 0 Å². The number of hydrogen-bond acceptors (Lipinski definition) is 2. The van der Waals surface area contributed by atoms with Crippen LogP contribution in [0.1, 0.15) is 46.0 Å². The largest absolute Gasteiger partial charge is 0.454 e. The minimum atomic E-state index is -0.171. The van der Waals surface area contributed by atoms with E-state index in [1.54, 1.807) is 0 Å². The summed E-state index contributed by atoms with van der Waals surface area (Å²) in [5, 5.41) is 0. The van der Waals surface area contributed by atoms with Gasteiger partial charge in [-0.25, -0.2) is 4.79 Å². The predicted molar refractivity (Wildman–Crippen MR) is 66.4 cm³/mol. The average molecular weight is 232 g/mol. The van der Waals surface area contributed by atoms with Crippen molar-refractivity contribution in [1.29, 1.82) is 0 Å². The van der Waals surface area contributed by atoms with Gasteiger partial charge in [0.25, 0.3) is 0 Å². The lowest BCUT2D eigenvalue weighted by molar-refractivity contribution is -0.138. The summed E-state index contributed by atoms with van der Waals surface area (Å²) in [5.41, 5.74) is 3.85. The molecule has 0 aromatic rings. The molecule has 2 fully saturated rings. The number of rotatable bonds is 0. The molecule has 1 aliphatic heterocycles. The third-order valence-electron chi connectivity index (χ3n) is 4.99. The van der Waals surface area contributed by atoms with Crippen LogP contribution < -0.4 is 0 Å². The Morgan fingerprint density at radius 2 is 2.18 bits per heavy atom.